The van der Waals surface area contributed by atoms with E-state index in [4.69, 9.17) is 5.73 Å². The molecule has 4 rings (SSSR count). The first-order valence-electron chi connectivity index (χ1n) is 7.89. The summed E-state index contributed by atoms with van der Waals surface area (Å²) >= 11 is 0. The van der Waals surface area contributed by atoms with E-state index >= 15 is 0 Å². The average molecular weight is 270 g/mol. The Balaban J connectivity index is 1.48. The molecule has 1 aromatic carbocycles. The molecule has 0 bridgehead atoms. The largest absolute Gasteiger partial charge is 0.399 e. The van der Waals surface area contributed by atoms with Gasteiger partial charge < -0.3 is 11.1 Å². The molecule has 3 nitrogen and oxygen atoms in total. The minimum atomic E-state index is 0.198. The highest BCUT2D eigenvalue weighted by Gasteiger charge is 2.48. The van der Waals surface area contributed by atoms with E-state index in [1.54, 1.807) is 0 Å². The third kappa shape index (κ3) is 2.09. The minimum absolute atomic E-state index is 0.198. The third-order valence-electron chi connectivity index (χ3n) is 5.41. The van der Waals surface area contributed by atoms with E-state index in [0.717, 1.165) is 49.6 Å². The Hall–Kier alpha value is -1.51. The van der Waals surface area contributed by atoms with Crippen molar-refractivity contribution in [3.05, 3.63) is 29.3 Å². The number of nitrogens with one attached hydrogen (secondary N) is 1. The van der Waals surface area contributed by atoms with Gasteiger partial charge in [-0.1, -0.05) is 6.07 Å². The van der Waals surface area contributed by atoms with Gasteiger partial charge in [0.1, 0.15) is 0 Å². The zero-order chi connectivity index (χ0) is 13.7. The van der Waals surface area contributed by atoms with Crippen molar-refractivity contribution in [3.8, 4) is 0 Å². The van der Waals surface area contributed by atoms with E-state index in [1.807, 2.05) is 6.07 Å². The van der Waals surface area contributed by atoms with Gasteiger partial charge >= 0.3 is 0 Å². The SMILES string of the molecule is Nc1ccc2c(c1)CCCC2NC(=O)C1CC2CC2C1. The van der Waals surface area contributed by atoms with Gasteiger partial charge in [0, 0.05) is 11.6 Å². The zero-order valence-electron chi connectivity index (χ0n) is 11.8. The van der Waals surface area contributed by atoms with Crippen LogP contribution in [0.2, 0.25) is 0 Å². The van der Waals surface area contributed by atoms with Gasteiger partial charge in [-0.05, 0) is 73.6 Å². The molecule has 3 aliphatic carbocycles. The van der Waals surface area contributed by atoms with Gasteiger partial charge in [0.2, 0.25) is 5.91 Å². The van der Waals surface area contributed by atoms with Crippen LogP contribution in [-0.4, -0.2) is 5.91 Å². The number of fused-ring (bicyclic) bond motifs is 2. The number of amides is 1. The van der Waals surface area contributed by atoms with Crippen LogP contribution in [0.15, 0.2) is 18.2 Å². The monoisotopic (exact) mass is 270 g/mol. The fourth-order valence-electron chi connectivity index (χ4n) is 4.20. The van der Waals surface area contributed by atoms with E-state index in [1.165, 1.54) is 17.5 Å². The van der Waals surface area contributed by atoms with Crippen LogP contribution in [0, 0.1) is 17.8 Å². The molecule has 0 radical (unpaired) electrons. The molecule has 3 heteroatoms. The normalized spacial score (nSPS) is 34.2. The number of hydrogen-bond donors (Lipinski definition) is 2. The molecule has 2 fully saturated rings. The maximum Gasteiger partial charge on any atom is 0.223 e. The third-order valence-corrected chi connectivity index (χ3v) is 5.41. The van der Waals surface area contributed by atoms with E-state index in [2.05, 4.69) is 17.4 Å². The van der Waals surface area contributed by atoms with Gasteiger partial charge in [0.25, 0.3) is 0 Å². The quantitative estimate of drug-likeness (QED) is 0.812. The molecule has 3 aliphatic rings. The lowest BCUT2D eigenvalue weighted by atomic mass is 9.87. The summed E-state index contributed by atoms with van der Waals surface area (Å²) in [5, 5.41) is 3.30. The molecule has 3 N–H and O–H groups in total. The molecule has 0 aromatic heterocycles. The molecule has 3 atom stereocenters. The number of hydrogen-bond acceptors (Lipinski definition) is 2. The second-order valence-electron chi connectivity index (χ2n) is 6.84. The molecular weight excluding hydrogens is 248 g/mol. The number of aryl methyl sites for hydroxylation is 1. The van der Waals surface area contributed by atoms with Gasteiger partial charge in [-0.3, -0.25) is 4.79 Å². The molecule has 0 spiro atoms. The highest BCUT2D eigenvalue weighted by atomic mass is 16.1. The molecule has 2 saturated carbocycles. The number of rotatable bonds is 2. The standard InChI is InChI=1S/C17H22N2O/c18-14-4-5-15-10(9-14)2-1-3-16(15)19-17(20)13-7-11-6-12(11)8-13/h4-5,9,11-13,16H,1-3,6-8,18H2,(H,19,20). The lowest BCUT2D eigenvalue weighted by molar-refractivity contribution is -0.126. The van der Waals surface area contributed by atoms with Crippen molar-refractivity contribution in [1.29, 1.82) is 0 Å². The van der Waals surface area contributed by atoms with Gasteiger partial charge in [0.15, 0.2) is 0 Å². The maximum atomic E-state index is 12.4. The molecule has 1 amide bonds. The predicted octanol–water partition coefficient (Wildman–Crippen LogP) is 2.81. The Bertz CT molecular complexity index is 544. The molecule has 0 saturated heterocycles. The van der Waals surface area contributed by atoms with Crippen LogP contribution >= 0.6 is 0 Å². The molecule has 1 aromatic rings. The molecule has 0 aliphatic heterocycles. The number of carbonyl (C=O) groups excluding carboxylic acids is 1. The van der Waals surface area contributed by atoms with E-state index in [0.29, 0.717) is 0 Å². The van der Waals surface area contributed by atoms with Crippen LogP contribution in [0.1, 0.15) is 49.3 Å². The first-order valence-corrected chi connectivity index (χ1v) is 7.89. The summed E-state index contributed by atoms with van der Waals surface area (Å²) in [6.07, 6.45) is 6.89. The Labute approximate surface area is 119 Å². The second kappa shape index (κ2) is 4.51. The summed E-state index contributed by atoms with van der Waals surface area (Å²) < 4.78 is 0. The van der Waals surface area contributed by atoms with Crippen molar-refractivity contribution in [2.45, 2.75) is 44.6 Å². The number of anilines is 1. The van der Waals surface area contributed by atoms with Gasteiger partial charge in [-0.15, -0.1) is 0 Å². The first-order chi connectivity index (χ1) is 9.70. The number of nitrogens with two attached hydrogens (primary N) is 1. The molecule has 3 unspecified atom stereocenters. The summed E-state index contributed by atoms with van der Waals surface area (Å²) in [4.78, 5) is 12.4. The maximum absolute atomic E-state index is 12.4. The lowest BCUT2D eigenvalue weighted by Gasteiger charge is -2.28. The van der Waals surface area contributed by atoms with Crippen molar-refractivity contribution in [2.75, 3.05) is 5.73 Å². The van der Waals surface area contributed by atoms with E-state index < -0.39 is 0 Å². The lowest BCUT2D eigenvalue weighted by Crippen LogP contribution is -2.35. The fraction of sp³-hybridized carbons (Fsp3) is 0.588. The number of nitrogen functional groups attached to an aromatic ring is 1. The van der Waals surface area contributed by atoms with Crippen LogP contribution in [0.4, 0.5) is 5.69 Å². The summed E-state index contributed by atoms with van der Waals surface area (Å²) in [6.45, 7) is 0. The fourth-order valence-corrected chi connectivity index (χ4v) is 4.20. The topological polar surface area (TPSA) is 55.1 Å². The van der Waals surface area contributed by atoms with Crippen molar-refractivity contribution < 1.29 is 4.79 Å². The van der Waals surface area contributed by atoms with Crippen molar-refractivity contribution in [3.63, 3.8) is 0 Å². The average Bonchev–Trinajstić information content (AvgIpc) is 3.05. The Kier molecular flexibility index (Phi) is 2.76. The Morgan fingerprint density at radius 2 is 2.00 bits per heavy atom. The highest BCUT2D eigenvalue weighted by molar-refractivity contribution is 5.79. The van der Waals surface area contributed by atoms with Crippen LogP contribution in [0.25, 0.3) is 0 Å². The van der Waals surface area contributed by atoms with Crippen molar-refractivity contribution in [1.82, 2.24) is 5.32 Å². The predicted molar refractivity (Wildman–Crippen MR) is 79.0 cm³/mol. The Morgan fingerprint density at radius 3 is 2.80 bits per heavy atom. The van der Waals surface area contributed by atoms with Gasteiger partial charge in [0.05, 0.1) is 6.04 Å². The minimum Gasteiger partial charge on any atom is -0.399 e. The van der Waals surface area contributed by atoms with Crippen LogP contribution in [0.5, 0.6) is 0 Å². The molecule has 106 valence electrons. The summed E-state index contributed by atoms with van der Waals surface area (Å²) in [7, 11) is 0. The first kappa shape index (κ1) is 12.2. The second-order valence-corrected chi connectivity index (χ2v) is 6.84. The summed E-state index contributed by atoms with van der Waals surface area (Å²) in [5.74, 6) is 2.29. The zero-order valence-corrected chi connectivity index (χ0v) is 11.8. The van der Waals surface area contributed by atoms with Crippen molar-refractivity contribution >= 4 is 11.6 Å². The number of carbonyl (C=O) groups is 1. The van der Waals surface area contributed by atoms with E-state index in [9.17, 15) is 4.79 Å². The van der Waals surface area contributed by atoms with Crippen LogP contribution < -0.4 is 11.1 Å². The van der Waals surface area contributed by atoms with E-state index in [-0.39, 0.29) is 17.9 Å². The Morgan fingerprint density at radius 1 is 1.20 bits per heavy atom. The molecular formula is C17H22N2O. The smallest absolute Gasteiger partial charge is 0.223 e. The van der Waals surface area contributed by atoms with Crippen LogP contribution in [0.3, 0.4) is 0 Å². The summed E-state index contributed by atoms with van der Waals surface area (Å²) in [6, 6.07) is 6.32. The van der Waals surface area contributed by atoms with Gasteiger partial charge in [-0.25, -0.2) is 0 Å². The summed E-state index contributed by atoms with van der Waals surface area (Å²) in [5.41, 5.74) is 9.28. The molecule has 0 heterocycles. The number of benzene rings is 1. The highest BCUT2D eigenvalue weighted by Crippen LogP contribution is 2.54. The van der Waals surface area contributed by atoms with Crippen LogP contribution in [-0.2, 0) is 11.2 Å². The van der Waals surface area contributed by atoms with Gasteiger partial charge in [-0.2, -0.15) is 0 Å². The molecule has 20 heavy (non-hydrogen) atoms. The van der Waals surface area contributed by atoms with Crippen molar-refractivity contribution in [2.24, 2.45) is 17.8 Å².